The molecule has 1 aromatic heterocycles. The zero-order valence-electron chi connectivity index (χ0n) is 22.3. The van der Waals surface area contributed by atoms with Crippen molar-refractivity contribution in [2.75, 3.05) is 33.0 Å². The fourth-order valence-corrected chi connectivity index (χ4v) is 3.30. The number of aliphatic hydroxyl groups is 3. The molecule has 16 heteroatoms. The first kappa shape index (κ1) is 36.2. The number of aryl methyl sites for hydroxylation is 1. The predicted molar refractivity (Wildman–Crippen MR) is 134 cm³/mol. The molecule has 6 N–H and O–H groups in total. The van der Waals surface area contributed by atoms with E-state index in [1.165, 1.54) is 13.1 Å². The molecule has 1 aliphatic heterocycles. The van der Waals surface area contributed by atoms with E-state index in [-0.39, 0.29) is 25.9 Å². The number of carbonyl (C=O) groups is 1. The smallest absolute Gasteiger partial charge is 0.395 e. The first-order valence-corrected chi connectivity index (χ1v) is 13.5. The van der Waals surface area contributed by atoms with E-state index in [9.17, 15) is 24.1 Å². The summed E-state index contributed by atoms with van der Waals surface area (Å²) in [7, 11) is -4.67. The Morgan fingerprint density at radius 1 is 1.21 bits per heavy atom. The van der Waals surface area contributed by atoms with Gasteiger partial charge in [-0.3, -0.25) is 18.9 Å². The van der Waals surface area contributed by atoms with Crippen molar-refractivity contribution in [3.05, 3.63) is 32.6 Å². The monoisotopic (exact) mass is 572 g/mol. The molecule has 2 rings (SSSR count). The number of aliphatic hydroxyl groups excluding tert-OH is 3. The average molecular weight is 573 g/mol. The molecule has 0 aromatic carbocycles. The fraction of sp³-hybridized carbons (Fsp3) is 0.773. The number of hydrogen-bond acceptors (Lipinski definition) is 11. The van der Waals surface area contributed by atoms with E-state index < -0.39 is 49.5 Å². The molecular weight excluding hydrogens is 531 g/mol. The molecule has 222 valence electrons. The summed E-state index contributed by atoms with van der Waals surface area (Å²) in [5.41, 5.74) is -1.82. The van der Waals surface area contributed by atoms with Gasteiger partial charge in [0.1, 0.15) is 18.6 Å². The third kappa shape index (κ3) is 12.8. The topological polar surface area (TPSA) is 227 Å². The largest absolute Gasteiger partial charge is 0.469 e. The van der Waals surface area contributed by atoms with E-state index in [0.717, 1.165) is 17.8 Å². The van der Waals surface area contributed by atoms with E-state index in [1.54, 1.807) is 6.92 Å². The Morgan fingerprint density at radius 3 is 2.16 bits per heavy atom. The lowest BCUT2D eigenvalue weighted by molar-refractivity contribution is -0.123. The molecule has 1 aromatic rings. The summed E-state index contributed by atoms with van der Waals surface area (Å²) in [5.74, 6) is 0. The molecule has 0 amide bonds. The lowest BCUT2D eigenvalue weighted by Gasteiger charge is -2.19. The Kier molecular flexibility index (Phi) is 16.9. The Bertz CT molecular complexity index is 958. The molecule has 0 unspecified atom stereocenters. The van der Waals surface area contributed by atoms with E-state index in [2.05, 4.69) is 9.51 Å². The first-order valence-electron chi connectivity index (χ1n) is 12.0. The molecule has 1 saturated heterocycles. The summed E-state index contributed by atoms with van der Waals surface area (Å²) in [5, 5.41) is 27.0. The fourth-order valence-electron chi connectivity index (χ4n) is 2.96. The van der Waals surface area contributed by atoms with Gasteiger partial charge in [0.05, 0.1) is 31.3 Å². The van der Waals surface area contributed by atoms with Gasteiger partial charge in [-0.15, -0.1) is 0 Å². The summed E-state index contributed by atoms with van der Waals surface area (Å²) in [6.07, 6.45) is -0.525. The van der Waals surface area contributed by atoms with Crippen molar-refractivity contribution >= 4 is 14.1 Å². The summed E-state index contributed by atoms with van der Waals surface area (Å²) >= 11 is 0. The second-order valence-electron chi connectivity index (χ2n) is 8.33. The first-order chi connectivity index (χ1) is 17.7. The van der Waals surface area contributed by atoms with Gasteiger partial charge in [0.2, 0.25) is 0 Å². The highest BCUT2D eigenvalue weighted by molar-refractivity contribution is 7.46. The third-order valence-electron chi connectivity index (χ3n) is 5.45. The number of phosphoric ester groups is 1. The maximum absolute atomic E-state index is 11.7. The summed E-state index contributed by atoms with van der Waals surface area (Å²) in [4.78, 5) is 52.5. The van der Waals surface area contributed by atoms with Crippen LogP contribution < -0.4 is 11.2 Å². The number of nitrogens with one attached hydrogen (secondary N) is 1. The normalized spacial score (nSPS) is 19.4. The Balaban J connectivity index is 0.000000667. The van der Waals surface area contributed by atoms with Crippen LogP contribution in [0.2, 0.25) is 0 Å². The summed E-state index contributed by atoms with van der Waals surface area (Å²) < 4.78 is 31.5. The SMILES string of the molecule is CCC(C=O)(CO)CO.CCOC(C)OCC.Cc1cn([C@H]2C[C@H](O)[C@@H](COP(=O)(O)O)O2)c(=O)[nH]c1=O. The van der Waals surface area contributed by atoms with E-state index >= 15 is 0 Å². The lowest BCUT2D eigenvalue weighted by Crippen LogP contribution is -2.33. The van der Waals surface area contributed by atoms with Gasteiger partial charge in [0.25, 0.3) is 5.56 Å². The number of phosphoric acid groups is 1. The molecule has 15 nitrogen and oxygen atoms in total. The minimum atomic E-state index is -4.67. The zero-order valence-corrected chi connectivity index (χ0v) is 23.2. The van der Waals surface area contributed by atoms with Crippen LogP contribution in [0.4, 0.5) is 0 Å². The Morgan fingerprint density at radius 2 is 1.76 bits per heavy atom. The Labute approximate surface area is 220 Å². The molecule has 38 heavy (non-hydrogen) atoms. The second kappa shape index (κ2) is 17.7. The maximum atomic E-state index is 11.7. The molecule has 2 heterocycles. The van der Waals surface area contributed by atoms with E-state index in [0.29, 0.717) is 18.3 Å². The van der Waals surface area contributed by atoms with Crippen LogP contribution in [-0.2, 0) is 28.1 Å². The average Bonchev–Trinajstić information content (AvgIpc) is 3.23. The van der Waals surface area contributed by atoms with E-state index in [4.69, 9.17) is 34.2 Å². The van der Waals surface area contributed by atoms with Crippen molar-refractivity contribution in [1.29, 1.82) is 0 Å². The van der Waals surface area contributed by atoms with Gasteiger partial charge in [-0.05, 0) is 34.1 Å². The van der Waals surface area contributed by atoms with Crippen LogP contribution in [0.25, 0.3) is 0 Å². The highest BCUT2D eigenvalue weighted by atomic mass is 31.2. The van der Waals surface area contributed by atoms with Crippen molar-refractivity contribution in [3.8, 4) is 0 Å². The van der Waals surface area contributed by atoms with Crippen LogP contribution in [0.5, 0.6) is 0 Å². The molecular formula is C22H41N2O13P. The number of aldehydes is 1. The molecule has 0 spiro atoms. The molecule has 0 saturated carbocycles. The van der Waals surface area contributed by atoms with Gasteiger partial charge >= 0.3 is 13.5 Å². The van der Waals surface area contributed by atoms with Crippen LogP contribution >= 0.6 is 7.82 Å². The second-order valence-corrected chi connectivity index (χ2v) is 9.56. The number of aromatic nitrogens is 2. The third-order valence-corrected chi connectivity index (χ3v) is 5.94. The number of aromatic amines is 1. The van der Waals surface area contributed by atoms with Crippen LogP contribution in [0.1, 0.15) is 52.3 Å². The van der Waals surface area contributed by atoms with Gasteiger partial charge in [-0.25, -0.2) is 9.36 Å². The van der Waals surface area contributed by atoms with Gasteiger partial charge in [-0.1, -0.05) is 6.92 Å². The van der Waals surface area contributed by atoms with E-state index in [1.807, 2.05) is 20.8 Å². The van der Waals surface area contributed by atoms with Crippen molar-refractivity contribution in [2.24, 2.45) is 5.41 Å². The minimum Gasteiger partial charge on any atom is -0.395 e. The van der Waals surface area contributed by atoms with Crippen molar-refractivity contribution < 1.29 is 53.2 Å². The maximum Gasteiger partial charge on any atom is 0.469 e. The van der Waals surface area contributed by atoms with Crippen molar-refractivity contribution in [3.63, 3.8) is 0 Å². The highest BCUT2D eigenvalue weighted by Crippen LogP contribution is 2.38. The van der Waals surface area contributed by atoms with Crippen molar-refractivity contribution in [2.45, 2.75) is 72.2 Å². The van der Waals surface area contributed by atoms with Gasteiger partial charge in [0.15, 0.2) is 6.29 Å². The predicted octanol–water partition coefficient (Wildman–Crippen LogP) is -0.426. The summed E-state index contributed by atoms with van der Waals surface area (Å²) in [6.45, 7) is 9.45. The highest BCUT2D eigenvalue weighted by Gasteiger charge is 2.37. The Hall–Kier alpha value is -1.78. The number of ether oxygens (including phenoxy) is 3. The quantitative estimate of drug-likeness (QED) is 0.106. The number of rotatable bonds is 12. The molecule has 0 radical (unpaired) electrons. The van der Waals surface area contributed by atoms with Crippen LogP contribution in [-0.4, -0.2) is 92.5 Å². The minimum absolute atomic E-state index is 0.0283. The van der Waals surface area contributed by atoms with Gasteiger partial charge in [-0.2, -0.15) is 0 Å². The summed E-state index contributed by atoms with van der Waals surface area (Å²) in [6, 6.07) is 0. The van der Waals surface area contributed by atoms with Gasteiger partial charge < -0.3 is 44.1 Å². The van der Waals surface area contributed by atoms with Crippen LogP contribution in [0.3, 0.4) is 0 Å². The molecule has 3 atom stereocenters. The molecule has 1 aliphatic rings. The van der Waals surface area contributed by atoms with Crippen molar-refractivity contribution in [1.82, 2.24) is 9.55 Å². The van der Waals surface area contributed by atoms with Gasteiger partial charge in [0, 0.05) is 31.4 Å². The number of H-pyrrole nitrogens is 1. The molecule has 0 aliphatic carbocycles. The molecule has 1 fully saturated rings. The zero-order chi connectivity index (χ0) is 29.5. The lowest BCUT2D eigenvalue weighted by atomic mass is 9.89. The number of hydrogen-bond donors (Lipinski definition) is 6. The molecule has 0 bridgehead atoms. The van der Waals surface area contributed by atoms with Crippen LogP contribution in [0, 0.1) is 12.3 Å². The number of carbonyl (C=O) groups excluding carboxylic acids is 1. The van der Waals surface area contributed by atoms with Crippen LogP contribution in [0.15, 0.2) is 15.8 Å². The number of nitrogens with zero attached hydrogens (tertiary/aromatic N) is 1. The standard InChI is InChI=1S/C10H15N2O8P.C6H12O3.C6H14O2/c1-5-3-12(10(15)11-9(5)14)8-2-6(13)7(20-8)4-19-21(16,17)18;1-2-6(3-7,4-8)5-9;1-4-7-6(3)8-5-2/h3,6-8,13H,2,4H2,1H3,(H,11,14,15)(H2,16,17,18);3,8-9H,2,4-5H2,1H3;6H,4-5H2,1-3H3/t6-,7+,8+;;/m0../s1.